The van der Waals surface area contributed by atoms with Crippen molar-refractivity contribution in [2.45, 2.75) is 132 Å². The third-order valence-electron chi connectivity index (χ3n) is 16.5. The van der Waals surface area contributed by atoms with Gasteiger partial charge in [-0.2, -0.15) is 0 Å². The van der Waals surface area contributed by atoms with Gasteiger partial charge in [-0.05, 0) is 140 Å². The number of aryl methyl sites for hydroxylation is 2. The van der Waals surface area contributed by atoms with Crippen molar-refractivity contribution in [2.75, 3.05) is 0 Å². The summed E-state index contributed by atoms with van der Waals surface area (Å²) in [6, 6.07) is 67.1. The van der Waals surface area contributed by atoms with Gasteiger partial charge in [0.05, 0.1) is 22.8 Å². The summed E-state index contributed by atoms with van der Waals surface area (Å²) < 4.78 is 4.75. The molecule has 5 nitrogen and oxygen atoms in total. The van der Waals surface area contributed by atoms with Crippen molar-refractivity contribution < 1.29 is 36.1 Å². The smallest absolute Gasteiger partial charge is 0.132 e. The molecule has 0 fully saturated rings. The van der Waals surface area contributed by atoms with E-state index in [2.05, 4.69) is 294 Å². The third-order valence-corrected chi connectivity index (χ3v) is 16.5. The zero-order valence-electron chi connectivity index (χ0n) is 53.0. The molecule has 2 N–H and O–H groups in total. The van der Waals surface area contributed by atoms with Gasteiger partial charge in [0, 0.05) is 94.1 Å². The number of fused-ring (bicyclic) bond motifs is 2. The molecule has 0 saturated carbocycles. The molecule has 0 aliphatic heterocycles. The van der Waals surface area contributed by atoms with E-state index in [1.54, 1.807) is 0 Å². The Labute approximate surface area is 526 Å². The van der Waals surface area contributed by atoms with Crippen molar-refractivity contribution in [3.8, 4) is 78.8 Å². The summed E-state index contributed by atoms with van der Waals surface area (Å²) in [5, 5.41) is 28.5. The van der Waals surface area contributed by atoms with Crippen LogP contribution in [0.25, 0.3) is 89.1 Å². The number of pyridine rings is 1. The summed E-state index contributed by atoms with van der Waals surface area (Å²) in [6.45, 7) is 32.5. The van der Waals surface area contributed by atoms with E-state index in [-0.39, 0.29) is 73.9 Å². The fourth-order valence-corrected chi connectivity index (χ4v) is 11.9. The van der Waals surface area contributed by atoms with Crippen LogP contribution in [-0.4, -0.2) is 24.3 Å². The molecule has 3 heterocycles. The van der Waals surface area contributed by atoms with Crippen molar-refractivity contribution in [1.29, 1.82) is 0 Å². The number of aromatic hydroxyl groups is 2. The molecule has 11 rings (SSSR count). The maximum atomic E-state index is 13.2. The Bertz CT molecular complexity index is 3890. The molecule has 85 heavy (non-hydrogen) atoms. The minimum atomic E-state index is -0.119. The zero-order valence-corrected chi connectivity index (χ0v) is 56.6. The molecule has 0 saturated heterocycles. The van der Waals surface area contributed by atoms with E-state index >= 15 is 0 Å². The number of phenolic OH excluding ortho intramolecular Hbond substituents is 2. The number of hydrogen-bond donors (Lipinski definition) is 2. The van der Waals surface area contributed by atoms with Crippen LogP contribution in [0.2, 0.25) is 0 Å². The van der Waals surface area contributed by atoms with Crippen LogP contribution in [0.1, 0.15) is 128 Å². The van der Waals surface area contributed by atoms with Crippen LogP contribution in [0.15, 0.2) is 188 Å². The summed E-state index contributed by atoms with van der Waals surface area (Å²) in [7, 11) is 0. The maximum Gasteiger partial charge on any atom is 0.132 e. The van der Waals surface area contributed by atoms with E-state index < -0.39 is 0 Å². The van der Waals surface area contributed by atoms with E-state index in [4.69, 9.17) is 4.98 Å². The molecule has 434 valence electrons. The summed E-state index contributed by atoms with van der Waals surface area (Å²) in [5.41, 5.74) is 21.1. The molecule has 0 aliphatic carbocycles. The van der Waals surface area contributed by atoms with Gasteiger partial charge in [-0.1, -0.05) is 223 Å². The predicted molar refractivity (Wildman–Crippen MR) is 359 cm³/mol. The van der Waals surface area contributed by atoms with Gasteiger partial charge in [-0.15, -0.1) is 0 Å². The molecule has 8 aromatic carbocycles. The van der Waals surface area contributed by atoms with Gasteiger partial charge in [-0.3, -0.25) is 0 Å². The topological polar surface area (TPSA) is 63.2 Å². The van der Waals surface area contributed by atoms with E-state index in [1.165, 1.54) is 22.3 Å². The Kier molecular flexibility index (Phi) is 18.0. The van der Waals surface area contributed by atoms with Crippen LogP contribution in [0, 0.1) is 28.7 Å². The molecule has 0 unspecified atom stereocenters. The predicted octanol–water partition coefficient (Wildman–Crippen LogP) is 21.2. The number of aromatic nitrogens is 3. The normalized spacial score (nSPS) is 12.0. The van der Waals surface area contributed by atoms with Crippen LogP contribution in [-0.2, 0) is 60.6 Å². The third kappa shape index (κ3) is 12.5. The quantitative estimate of drug-likeness (QED) is 0.106. The molecule has 6 heteroatoms. The van der Waals surface area contributed by atoms with Crippen LogP contribution >= 0.6 is 0 Å². The molecular weight excluding hydrogens is 1200 g/mol. The van der Waals surface area contributed by atoms with Crippen LogP contribution in [0.5, 0.6) is 11.5 Å². The summed E-state index contributed by atoms with van der Waals surface area (Å²) >= 11 is 0. The molecule has 0 bridgehead atoms. The van der Waals surface area contributed by atoms with Gasteiger partial charge in [0.25, 0.3) is 0 Å². The number of para-hydroxylation sites is 2. The largest absolute Gasteiger partial charge is 0.507 e. The Morgan fingerprint density at radius 3 is 1.00 bits per heavy atom. The maximum absolute atomic E-state index is 13.2. The molecule has 0 atom stereocenters. The number of benzene rings is 8. The number of hydrogen-bond acceptors (Lipinski definition) is 3. The molecule has 0 amide bonds. The van der Waals surface area contributed by atoms with Crippen molar-refractivity contribution in [3.63, 3.8) is 0 Å². The first-order valence-electron chi connectivity index (χ1n) is 29.1. The van der Waals surface area contributed by atoms with E-state index in [0.717, 1.165) is 111 Å². The first kappa shape index (κ1) is 63.5. The van der Waals surface area contributed by atoms with E-state index in [9.17, 15) is 10.2 Å². The van der Waals surface area contributed by atoms with E-state index in [0.29, 0.717) is 13.1 Å². The van der Waals surface area contributed by atoms with Gasteiger partial charge in [0.15, 0.2) is 0 Å². The molecule has 0 aliphatic rings. The fourth-order valence-electron chi connectivity index (χ4n) is 11.9. The minimum Gasteiger partial charge on any atom is -0.507 e. The Hall–Kier alpha value is -7.54. The average Bonchev–Trinajstić information content (AvgIpc) is 1.71. The molecule has 11 aromatic rings. The van der Waals surface area contributed by atoms with Crippen LogP contribution < -0.4 is 0 Å². The minimum absolute atomic E-state index is 0. The van der Waals surface area contributed by atoms with Gasteiger partial charge in [0.2, 0.25) is 0 Å². The van der Waals surface area contributed by atoms with E-state index in [1.807, 2.05) is 0 Å². The first-order chi connectivity index (χ1) is 38.8. The molecule has 3 aromatic heterocycles. The number of nitrogens with zero attached hydrogens (tertiary/aromatic N) is 3. The van der Waals surface area contributed by atoms with Crippen molar-refractivity contribution in [2.24, 2.45) is 0 Å². The second kappa shape index (κ2) is 24.1. The van der Waals surface area contributed by atoms with Crippen molar-refractivity contribution in [1.82, 2.24) is 14.1 Å². The molecule has 0 spiro atoms. The zero-order chi connectivity index (χ0) is 58.2. The van der Waals surface area contributed by atoms with Crippen molar-refractivity contribution >= 4 is 21.8 Å². The second-order valence-electron chi connectivity index (χ2n) is 27.0. The summed E-state index contributed by atoms with van der Waals surface area (Å²) in [4.78, 5) is 5.86. The monoisotopic (exact) mass is 1290 g/mol. The van der Waals surface area contributed by atoms with Gasteiger partial charge in [0.1, 0.15) is 11.5 Å². The molecular formula is C79H85HfN3O2-2. The average molecular weight is 1290 g/mol. The number of rotatable bonds is 10. The summed E-state index contributed by atoms with van der Waals surface area (Å²) in [6.07, 6.45) is 0. The van der Waals surface area contributed by atoms with Gasteiger partial charge < -0.3 is 34.2 Å². The second-order valence-corrected chi connectivity index (χ2v) is 27.0. The Balaban J connectivity index is 0.00000313. The van der Waals surface area contributed by atoms with Gasteiger partial charge in [-0.25, -0.2) is 4.98 Å². The summed E-state index contributed by atoms with van der Waals surface area (Å²) in [5.74, 6) is 0.455. The standard InChI is InChI=1S/C77H79N3O2.2CH3.Hf/c1-48-36-60(52-40-54(74(3,4)5)44-55(41-52)75(6,7)8)72(81)62(38-48)70-68(58-30-21-23-34-66(58)79(70)46-50-26-17-15-18-27-50)64-32-25-33-65(78-64)69-59-31-22-24-35-67(59)80(47-51-28-19-16-20-29-51)71(69)63-39-49(2)37-61(73(63)82)53-42-56(76(9,10)11)45-57(43-53)77(12,13)14;;;/h15-45,81-82H,46-47H2,1-14H3;2*1H3;/q;2*-1;. The van der Waals surface area contributed by atoms with Gasteiger partial charge >= 0.3 is 0 Å². The number of phenols is 2. The molecule has 0 radical (unpaired) electrons. The fraction of sp³-hybridized carbons (Fsp3) is 0.253. The Morgan fingerprint density at radius 1 is 0.365 bits per heavy atom. The Morgan fingerprint density at radius 2 is 0.671 bits per heavy atom. The first-order valence-corrected chi connectivity index (χ1v) is 29.1. The SMILES string of the molecule is Cc1cc(-c2cc(C(C)(C)C)cc(C(C)(C)C)c2)c(O)c(-c2c(-c3cccc(-c4c(-c5cc(C)cc(-c6cc(C(C)(C)C)cc(C(C)(C)C)c6)c5O)n(Cc5ccccc5)c5ccccc45)n3)c3ccccc3n2Cc2ccccc2)c1.[CH3-].[CH3-].[Hf]. The van der Waals surface area contributed by atoms with Crippen LogP contribution in [0.3, 0.4) is 0 Å². The van der Waals surface area contributed by atoms with Crippen molar-refractivity contribution in [3.05, 3.63) is 247 Å². The van der Waals surface area contributed by atoms with Crippen LogP contribution in [0.4, 0.5) is 0 Å².